The van der Waals surface area contributed by atoms with Crippen LogP contribution >= 0.6 is 0 Å². The number of nitrogens with zero attached hydrogens (tertiary/aromatic N) is 1. The molecule has 1 unspecified atom stereocenters. The third-order valence-corrected chi connectivity index (χ3v) is 2.96. The van der Waals surface area contributed by atoms with E-state index in [0.717, 1.165) is 6.42 Å². The van der Waals surface area contributed by atoms with Gasteiger partial charge in [-0.2, -0.15) is 0 Å². The number of ether oxygens (including phenoxy) is 1. The SMILES string of the molecule is CCc1ccc(NC(=O)OCC(CO)N(C)C)cc1. The molecular weight excluding hydrogens is 244 g/mol. The van der Waals surface area contributed by atoms with Crippen molar-refractivity contribution in [2.75, 3.05) is 32.6 Å². The first-order valence-corrected chi connectivity index (χ1v) is 6.36. The second-order valence-corrected chi connectivity index (χ2v) is 4.57. The van der Waals surface area contributed by atoms with E-state index in [4.69, 9.17) is 9.84 Å². The summed E-state index contributed by atoms with van der Waals surface area (Å²) in [4.78, 5) is 13.4. The number of anilines is 1. The summed E-state index contributed by atoms with van der Waals surface area (Å²) in [5, 5.41) is 11.8. The number of aliphatic hydroxyl groups excluding tert-OH is 1. The number of carbonyl (C=O) groups is 1. The van der Waals surface area contributed by atoms with Gasteiger partial charge in [-0.3, -0.25) is 5.32 Å². The Morgan fingerprint density at radius 3 is 2.47 bits per heavy atom. The topological polar surface area (TPSA) is 61.8 Å². The highest BCUT2D eigenvalue weighted by Gasteiger charge is 2.13. The zero-order valence-electron chi connectivity index (χ0n) is 11.7. The summed E-state index contributed by atoms with van der Waals surface area (Å²) in [5.41, 5.74) is 1.92. The van der Waals surface area contributed by atoms with Gasteiger partial charge in [-0.05, 0) is 38.2 Å². The van der Waals surface area contributed by atoms with Gasteiger partial charge in [0.25, 0.3) is 0 Å². The molecule has 0 aliphatic heterocycles. The first-order valence-electron chi connectivity index (χ1n) is 6.36. The molecule has 19 heavy (non-hydrogen) atoms. The minimum atomic E-state index is -0.510. The number of aryl methyl sites for hydroxylation is 1. The smallest absolute Gasteiger partial charge is 0.411 e. The van der Waals surface area contributed by atoms with Crippen LogP contribution in [0.3, 0.4) is 0 Å². The number of carbonyl (C=O) groups excluding carboxylic acids is 1. The Labute approximate surface area is 114 Å². The third-order valence-electron chi connectivity index (χ3n) is 2.96. The third kappa shape index (κ3) is 5.28. The van der Waals surface area contributed by atoms with Gasteiger partial charge in [0.05, 0.1) is 12.6 Å². The summed E-state index contributed by atoms with van der Waals surface area (Å²) < 4.78 is 5.07. The van der Waals surface area contributed by atoms with Gasteiger partial charge in [-0.25, -0.2) is 4.79 Å². The first kappa shape index (κ1) is 15.5. The zero-order chi connectivity index (χ0) is 14.3. The molecule has 106 valence electrons. The van der Waals surface area contributed by atoms with Gasteiger partial charge < -0.3 is 14.7 Å². The van der Waals surface area contributed by atoms with Crippen molar-refractivity contribution in [1.82, 2.24) is 4.90 Å². The molecule has 0 saturated carbocycles. The van der Waals surface area contributed by atoms with Gasteiger partial charge >= 0.3 is 6.09 Å². The van der Waals surface area contributed by atoms with Gasteiger partial charge in [0.15, 0.2) is 0 Å². The maximum Gasteiger partial charge on any atom is 0.411 e. The Hall–Kier alpha value is -1.59. The number of hydrogen-bond donors (Lipinski definition) is 2. The summed E-state index contributed by atoms with van der Waals surface area (Å²) >= 11 is 0. The van der Waals surface area contributed by atoms with Crippen LogP contribution in [0.25, 0.3) is 0 Å². The average Bonchev–Trinajstić information content (AvgIpc) is 2.40. The van der Waals surface area contributed by atoms with E-state index in [1.165, 1.54) is 5.56 Å². The Balaban J connectivity index is 2.42. The van der Waals surface area contributed by atoms with Crippen LogP contribution in [-0.2, 0) is 11.2 Å². The zero-order valence-corrected chi connectivity index (χ0v) is 11.7. The number of hydrogen-bond acceptors (Lipinski definition) is 4. The van der Waals surface area contributed by atoms with Crippen molar-refractivity contribution in [1.29, 1.82) is 0 Å². The fourth-order valence-electron chi connectivity index (χ4n) is 1.51. The van der Waals surface area contributed by atoms with Crippen LogP contribution in [-0.4, -0.2) is 49.5 Å². The van der Waals surface area contributed by atoms with Crippen LogP contribution in [0.4, 0.5) is 10.5 Å². The molecule has 2 N–H and O–H groups in total. The molecule has 0 heterocycles. The monoisotopic (exact) mass is 266 g/mol. The van der Waals surface area contributed by atoms with Crippen LogP contribution in [0.1, 0.15) is 12.5 Å². The van der Waals surface area contributed by atoms with E-state index in [0.29, 0.717) is 5.69 Å². The van der Waals surface area contributed by atoms with Crippen LogP contribution < -0.4 is 5.32 Å². The minimum Gasteiger partial charge on any atom is -0.448 e. The van der Waals surface area contributed by atoms with Crippen molar-refractivity contribution in [3.05, 3.63) is 29.8 Å². The maximum atomic E-state index is 11.6. The van der Waals surface area contributed by atoms with E-state index in [-0.39, 0.29) is 19.3 Å². The molecule has 0 saturated heterocycles. The Morgan fingerprint density at radius 1 is 1.37 bits per heavy atom. The molecule has 1 aromatic carbocycles. The predicted molar refractivity (Wildman–Crippen MR) is 75.4 cm³/mol. The molecule has 0 bridgehead atoms. The molecule has 1 aromatic rings. The molecule has 0 spiro atoms. The highest BCUT2D eigenvalue weighted by Crippen LogP contribution is 2.10. The largest absolute Gasteiger partial charge is 0.448 e. The average molecular weight is 266 g/mol. The van der Waals surface area contributed by atoms with Gasteiger partial charge in [0, 0.05) is 5.69 Å². The summed E-state index contributed by atoms with van der Waals surface area (Å²) in [5.74, 6) is 0. The number of aliphatic hydroxyl groups is 1. The molecular formula is C14H22N2O3. The number of nitrogens with one attached hydrogen (secondary N) is 1. The lowest BCUT2D eigenvalue weighted by atomic mass is 10.1. The molecule has 1 rings (SSSR count). The van der Waals surface area contributed by atoms with E-state index >= 15 is 0 Å². The fraction of sp³-hybridized carbons (Fsp3) is 0.500. The summed E-state index contributed by atoms with van der Waals surface area (Å²) in [6.07, 6.45) is 0.454. The van der Waals surface area contributed by atoms with Crippen LogP contribution in [0.2, 0.25) is 0 Å². The second kappa shape index (κ2) is 7.76. The molecule has 1 atom stereocenters. The summed E-state index contributed by atoms with van der Waals surface area (Å²) in [7, 11) is 3.65. The standard InChI is InChI=1S/C14H22N2O3/c1-4-11-5-7-12(8-6-11)15-14(18)19-10-13(9-17)16(2)3/h5-8,13,17H,4,9-10H2,1-3H3,(H,15,18). The van der Waals surface area contributed by atoms with Gasteiger partial charge in [0.2, 0.25) is 0 Å². The molecule has 0 fully saturated rings. The fourth-order valence-corrected chi connectivity index (χ4v) is 1.51. The highest BCUT2D eigenvalue weighted by atomic mass is 16.5. The van der Waals surface area contributed by atoms with E-state index in [1.54, 1.807) is 0 Å². The quantitative estimate of drug-likeness (QED) is 0.823. The normalized spacial score (nSPS) is 12.3. The van der Waals surface area contributed by atoms with Gasteiger partial charge in [-0.15, -0.1) is 0 Å². The molecule has 0 aromatic heterocycles. The van der Waals surface area contributed by atoms with Gasteiger partial charge in [-0.1, -0.05) is 19.1 Å². The van der Waals surface area contributed by atoms with Gasteiger partial charge in [0.1, 0.15) is 6.61 Å². The Morgan fingerprint density at radius 2 is 2.00 bits per heavy atom. The predicted octanol–water partition coefficient (Wildman–Crippen LogP) is 1.72. The van der Waals surface area contributed by atoms with Crippen molar-refractivity contribution < 1.29 is 14.6 Å². The molecule has 0 aliphatic rings. The lowest BCUT2D eigenvalue weighted by molar-refractivity contribution is 0.0880. The van der Waals surface area contributed by atoms with Crippen molar-refractivity contribution in [3.63, 3.8) is 0 Å². The lowest BCUT2D eigenvalue weighted by Crippen LogP contribution is -2.37. The maximum absolute atomic E-state index is 11.6. The number of benzene rings is 1. The number of likely N-dealkylation sites (N-methyl/N-ethyl adjacent to an activating group) is 1. The number of rotatable bonds is 6. The highest BCUT2D eigenvalue weighted by molar-refractivity contribution is 5.84. The van der Waals surface area contributed by atoms with Crippen molar-refractivity contribution in [3.8, 4) is 0 Å². The Kier molecular flexibility index (Phi) is 6.32. The van der Waals surface area contributed by atoms with Crippen molar-refractivity contribution >= 4 is 11.8 Å². The van der Waals surface area contributed by atoms with Crippen LogP contribution in [0.5, 0.6) is 0 Å². The van der Waals surface area contributed by atoms with E-state index in [2.05, 4.69) is 12.2 Å². The number of amides is 1. The molecule has 0 aliphatic carbocycles. The van der Waals surface area contributed by atoms with Crippen molar-refractivity contribution in [2.45, 2.75) is 19.4 Å². The van der Waals surface area contributed by atoms with E-state index in [1.807, 2.05) is 43.3 Å². The molecule has 1 amide bonds. The Bertz CT molecular complexity index is 390. The first-order chi connectivity index (χ1) is 9.06. The lowest BCUT2D eigenvalue weighted by Gasteiger charge is -2.21. The summed E-state index contributed by atoms with van der Waals surface area (Å²) in [6, 6.07) is 7.43. The van der Waals surface area contributed by atoms with Crippen LogP contribution in [0.15, 0.2) is 24.3 Å². The van der Waals surface area contributed by atoms with Crippen LogP contribution in [0, 0.1) is 0 Å². The van der Waals surface area contributed by atoms with E-state index in [9.17, 15) is 4.79 Å². The van der Waals surface area contributed by atoms with E-state index < -0.39 is 6.09 Å². The minimum absolute atomic E-state index is 0.0501. The molecule has 5 nitrogen and oxygen atoms in total. The molecule has 5 heteroatoms. The summed E-state index contributed by atoms with van der Waals surface area (Å²) in [6.45, 7) is 2.18. The molecule has 0 radical (unpaired) electrons. The van der Waals surface area contributed by atoms with Crippen molar-refractivity contribution in [2.24, 2.45) is 0 Å². The second-order valence-electron chi connectivity index (χ2n) is 4.57.